The summed E-state index contributed by atoms with van der Waals surface area (Å²) in [5, 5.41) is 8.68. The van der Waals surface area contributed by atoms with Gasteiger partial charge in [-0.3, -0.25) is 0 Å². The Kier molecular flexibility index (Phi) is 4.13. The summed E-state index contributed by atoms with van der Waals surface area (Å²) >= 11 is 0. The Labute approximate surface area is 95.2 Å². The summed E-state index contributed by atoms with van der Waals surface area (Å²) in [7, 11) is 0. The number of pyridine rings is 1. The molecule has 0 radical (unpaired) electrons. The number of hydrogen-bond acceptors (Lipinski definition) is 4. The van der Waals surface area contributed by atoms with Crippen LogP contribution in [0, 0.1) is 0 Å². The lowest BCUT2D eigenvalue weighted by atomic mass is 9.96. The van der Waals surface area contributed by atoms with Crippen molar-refractivity contribution < 1.29 is 14.6 Å². The maximum atomic E-state index is 8.68. The molecule has 0 aromatic carbocycles. The number of aliphatic hydroxyl groups excluding tert-OH is 1. The molecule has 1 aromatic heterocycles. The van der Waals surface area contributed by atoms with Crippen LogP contribution in [0.5, 0.6) is 5.88 Å². The molecule has 0 aliphatic carbocycles. The molecule has 2 rings (SSSR count). The minimum atomic E-state index is 0.0170. The van der Waals surface area contributed by atoms with Crippen LogP contribution in [0.2, 0.25) is 0 Å². The molecule has 1 fully saturated rings. The number of hydrogen-bond donors (Lipinski definition) is 1. The van der Waals surface area contributed by atoms with Crippen molar-refractivity contribution >= 4 is 0 Å². The summed E-state index contributed by atoms with van der Waals surface area (Å²) in [5.41, 5.74) is 1.07. The largest absolute Gasteiger partial charge is 0.475 e. The van der Waals surface area contributed by atoms with Crippen LogP contribution in [0.15, 0.2) is 18.2 Å². The fourth-order valence-electron chi connectivity index (χ4n) is 1.88. The zero-order valence-electron chi connectivity index (χ0n) is 9.26. The number of aromatic nitrogens is 1. The Morgan fingerprint density at radius 2 is 2.19 bits per heavy atom. The van der Waals surface area contributed by atoms with Crippen LogP contribution in [-0.4, -0.2) is 36.5 Å². The van der Waals surface area contributed by atoms with Crippen molar-refractivity contribution in [2.75, 3.05) is 26.4 Å². The highest BCUT2D eigenvalue weighted by molar-refractivity contribution is 5.19. The standard InChI is InChI=1S/C12H17NO3/c14-6-9-16-12-3-1-2-11(13-12)10-4-7-15-8-5-10/h1-3,10,14H,4-9H2. The number of ether oxygens (including phenoxy) is 2. The lowest BCUT2D eigenvalue weighted by Crippen LogP contribution is -2.15. The molecule has 88 valence electrons. The van der Waals surface area contributed by atoms with Gasteiger partial charge in [0.05, 0.1) is 6.61 Å². The van der Waals surface area contributed by atoms with Gasteiger partial charge in [0, 0.05) is 30.9 Å². The third-order valence-electron chi connectivity index (χ3n) is 2.73. The Morgan fingerprint density at radius 3 is 2.94 bits per heavy atom. The van der Waals surface area contributed by atoms with Crippen molar-refractivity contribution in [3.63, 3.8) is 0 Å². The predicted molar refractivity (Wildman–Crippen MR) is 59.6 cm³/mol. The minimum absolute atomic E-state index is 0.0170. The van der Waals surface area contributed by atoms with Gasteiger partial charge in [-0.15, -0.1) is 0 Å². The quantitative estimate of drug-likeness (QED) is 0.837. The molecule has 0 bridgehead atoms. The van der Waals surface area contributed by atoms with E-state index in [1.807, 2.05) is 18.2 Å². The molecule has 4 heteroatoms. The Balaban J connectivity index is 2.02. The molecule has 2 heterocycles. The molecule has 0 amide bonds. The van der Waals surface area contributed by atoms with Gasteiger partial charge >= 0.3 is 0 Å². The second kappa shape index (κ2) is 5.82. The van der Waals surface area contributed by atoms with Crippen LogP contribution < -0.4 is 4.74 Å². The summed E-state index contributed by atoms with van der Waals surface area (Å²) in [6.07, 6.45) is 2.05. The first-order valence-electron chi connectivity index (χ1n) is 5.68. The molecular weight excluding hydrogens is 206 g/mol. The van der Waals surface area contributed by atoms with Crippen molar-refractivity contribution in [2.45, 2.75) is 18.8 Å². The molecule has 0 unspecified atom stereocenters. The maximum Gasteiger partial charge on any atom is 0.213 e. The summed E-state index contributed by atoms with van der Waals surface area (Å²) in [5.74, 6) is 1.07. The molecule has 0 atom stereocenters. The van der Waals surface area contributed by atoms with Gasteiger partial charge in [0.15, 0.2) is 0 Å². The molecule has 1 aliphatic rings. The van der Waals surface area contributed by atoms with Crippen molar-refractivity contribution in [1.82, 2.24) is 4.98 Å². The summed E-state index contributed by atoms with van der Waals surface area (Å²) < 4.78 is 10.6. The highest BCUT2D eigenvalue weighted by Crippen LogP contribution is 2.26. The van der Waals surface area contributed by atoms with E-state index in [1.165, 1.54) is 0 Å². The molecule has 4 nitrogen and oxygen atoms in total. The van der Waals surface area contributed by atoms with E-state index in [1.54, 1.807) is 0 Å². The monoisotopic (exact) mass is 223 g/mol. The van der Waals surface area contributed by atoms with E-state index < -0.39 is 0 Å². The van der Waals surface area contributed by atoms with Gasteiger partial charge in [-0.25, -0.2) is 4.98 Å². The van der Waals surface area contributed by atoms with Crippen molar-refractivity contribution in [3.8, 4) is 5.88 Å². The van der Waals surface area contributed by atoms with Gasteiger partial charge < -0.3 is 14.6 Å². The smallest absolute Gasteiger partial charge is 0.213 e. The third kappa shape index (κ3) is 2.93. The predicted octanol–water partition coefficient (Wildman–Crippen LogP) is 1.35. The summed E-state index contributed by atoms with van der Waals surface area (Å²) in [4.78, 5) is 4.45. The fraction of sp³-hybridized carbons (Fsp3) is 0.583. The minimum Gasteiger partial charge on any atom is -0.475 e. The Hall–Kier alpha value is -1.13. The first-order valence-corrected chi connectivity index (χ1v) is 5.68. The van der Waals surface area contributed by atoms with E-state index in [0.29, 0.717) is 18.4 Å². The normalized spacial score (nSPS) is 17.3. The van der Waals surface area contributed by atoms with Crippen LogP contribution in [0.1, 0.15) is 24.5 Å². The highest BCUT2D eigenvalue weighted by atomic mass is 16.5. The maximum absolute atomic E-state index is 8.68. The molecule has 16 heavy (non-hydrogen) atoms. The molecule has 0 saturated carbocycles. The van der Waals surface area contributed by atoms with Gasteiger partial charge in [-0.05, 0) is 18.9 Å². The molecule has 1 aliphatic heterocycles. The van der Waals surface area contributed by atoms with Gasteiger partial charge in [0.2, 0.25) is 5.88 Å². The lowest BCUT2D eigenvalue weighted by molar-refractivity contribution is 0.0843. The molecule has 0 spiro atoms. The van der Waals surface area contributed by atoms with E-state index in [2.05, 4.69) is 4.98 Å². The fourth-order valence-corrected chi connectivity index (χ4v) is 1.88. The van der Waals surface area contributed by atoms with Crippen molar-refractivity contribution in [1.29, 1.82) is 0 Å². The van der Waals surface area contributed by atoms with Gasteiger partial charge in [-0.2, -0.15) is 0 Å². The molecular formula is C12H17NO3. The molecule has 1 aromatic rings. The molecule has 1 N–H and O–H groups in total. The second-order valence-electron chi connectivity index (χ2n) is 3.86. The van der Waals surface area contributed by atoms with E-state index in [-0.39, 0.29) is 6.61 Å². The number of nitrogens with zero attached hydrogens (tertiary/aromatic N) is 1. The lowest BCUT2D eigenvalue weighted by Gasteiger charge is -2.21. The van der Waals surface area contributed by atoms with Crippen LogP contribution in [0.4, 0.5) is 0 Å². The summed E-state index contributed by atoms with van der Waals surface area (Å²) in [6, 6.07) is 5.80. The van der Waals surface area contributed by atoms with Gasteiger partial charge in [-0.1, -0.05) is 6.07 Å². The van der Waals surface area contributed by atoms with Crippen LogP contribution >= 0.6 is 0 Å². The van der Waals surface area contributed by atoms with Gasteiger partial charge in [0.25, 0.3) is 0 Å². The van der Waals surface area contributed by atoms with E-state index in [0.717, 1.165) is 31.7 Å². The van der Waals surface area contributed by atoms with Gasteiger partial charge in [0.1, 0.15) is 6.61 Å². The topological polar surface area (TPSA) is 51.6 Å². The highest BCUT2D eigenvalue weighted by Gasteiger charge is 2.17. The van der Waals surface area contributed by atoms with Crippen molar-refractivity contribution in [2.24, 2.45) is 0 Å². The average Bonchev–Trinajstić information content (AvgIpc) is 2.38. The SMILES string of the molecule is OCCOc1cccc(C2CCOCC2)n1. The van der Waals surface area contributed by atoms with E-state index >= 15 is 0 Å². The van der Waals surface area contributed by atoms with E-state index in [4.69, 9.17) is 14.6 Å². The van der Waals surface area contributed by atoms with E-state index in [9.17, 15) is 0 Å². The van der Waals surface area contributed by atoms with Crippen LogP contribution in [-0.2, 0) is 4.74 Å². The zero-order valence-corrected chi connectivity index (χ0v) is 9.26. The Bertz CT molecular complexity index is 324. The van der Waals surface area contributed by atoms with Crippen molar-refractivity contribution in [3.05, 3.63) is 23.9 Å². The van der Waals surface area contributed by atoms with Crippen LogP contribution in [0.25, 0.3) is 0 Å². The second-order valence-corrected chi connectivity index (χ2v) is 3.86. The Morgan fingerprint density at radius 1 is 1.38 bits per heavy atom. The molecule has 1 saturated heterocycles. The first kappa shape index (κ1) is 11.4. The summed E-state index contributed by atoms with van der Waals surface area (Å²) in [6.45, 7) is 1.94. The first-order chi connectivity index (χ1) is 7.90. The number of rotatable bonds is 4. The average molecular weight is 223 g/mol. The zero-order chi connectivity index (χ0) is 11.2. The van der Waals surface area contributed by atoms with Crippen LogP contribution in [0.3, 0.4) is 0 Å². The number of aliphatic hydroxyl groups is 1. The third-order valence-corrected chi connectivity index (χ3v) is 2.73.